The lowest BCUT2D eigenvalue weighted by atomic mass is 9.96. The Balaban J connectivity index is 2.14. The summed E-state index contributed by atoms with van der Waals surface area (Å²) in [7, 11) is 0. The van der Waals surface area contributed by atoms with E-state index in [-0.39, 0.29) is 0 Å². The monoisotopic (exact) mass is 331 g/mol. The molecule has 3 rings (SSSR count). The maximum atomic E-state index is 5.95. The average Bonchev–Trinajstić information content (AvgIpc) is 2.55. The van der Waals surface area contributed by atoms with Gasteiger partial charge in [0.25, 0.3) is 0 Å². The van der Waals surface area contributed by atoms with Gasteiger partial charge in [0.05, 0.1) is 0 Å². The van der Waals surface area contributed by atoms with Crippen LogP contribution in [0.3, 0.4) is 0 Å². The van der Waals surface area contributed by atoms with Gasteiger partial charge < -0.3 is 0 Å². The topological polar surface area (TPSA) is 3.24 Å². The van der Waals surface area contributed by atoms with E-state index in [1.807, 2.05) is 0 Å². The molecule has 0 heterocycles. The normalized spacial score (nSPS) is 11.6. The maximum Gasteiger partial charge on any atom is 0.0351 e. The molecule has 0 radical (unpaired) electrons. The number of halogens is 2. The van der Waals surface area contributed by atoms with Crippen molar-refractivity contribution in [3.05, 3.63) is 60.2 Å². The first kappa shape index (κ1) is 15.6. The van der Waals surface area contributed by atoms with Crippen molar-refractivity contribution in [3.8, 4) is 0 Å². The van der Waals surface area contributed by atoms with Crippen LogP contribution in [0.2, 0.25) is 0 Å². The van der Waals surface area contributed by atoms with Crippen molar-refractivity contribution in [2.45, 2.75) is 6.54 Å². The highest BCUT2D eigenvalue weighted by molar-refractivity contribution is 6.18. The molecule has 114 valence electrons. The third kappa shape index (κ3) is 3.22. The lowest BCUT2D eigenvalue weighted by Gasteiger charge is -2.22. The number of fused-ring (bicyclic) bond motifs is 2. The molecule has 0 amide bonds. The van der Waals surface area contributed by atoms with Crippen molar-refractivity contribution in [1.82, 2.24) is 4.90 Å². The van der Waals surface area contributed by atoms with Crippen LogP contribution in [0.1, 0.15) is 5.56 Å². The van der Waals surface area contributed by atoms with Gasteiger partial charge in [0.1, 0.15) is 0 Å². The minimum atomic E-state index is 0.625. The largest absolute Gasteiger partial charge is 0.297 e. The van der Waals surface area contributed by atoms with Gasteiger partial charge in [0, 0.05) is 31.4 Å². The summed E-state index contributed by atoms with van der Waals surface area (Å²) in [5.74, 6) is 1.25. The van der Waals surface area contributed by atoms with E-state index in [1.54, 1.807) is 0 Å². The van der Waals surface area contributed by atoms with E-state index >= 15 is 0 Å². The quantitative estimate of drug-likeness (QED) is 0.439. The first-order valence-corrected chi connectivity index (χ1v) is 8.64. The predicted molar refractivity (Wildman–Crippen MR) is 98.2 cm³/mol. The molecule has 0 aliphatic rings. The predicted octanol–water partition coefficient (Wildman–Crippen LogP) is 5.27. The molecule has 3 aromatic rings. The van der Waals surface area contributed by atoms with Gasteiger partial charge in [0.15, 0.2) is 0 Å². The van der Waals surface area contributed by atoms with Crippen LogP contribution in [-0.4, -0.2) is 29.7 Å². The fraction of sp³-hybridized carbons (Fsp3) is 0.263. The van der Waals surface area contributed by atoms with Gasteiger partial charge in [-0.15, -0.1) is 23.2 Å². The Morgan fingerprint density at radius 3 is 1.73 bits per heavy atom. The molecule has 0 saturated carbocycles. The van der Waals surface area contributed by atoms with E-state index in [1.165, 1.54) is 27.1 Å². The molecule has 3 heteroatoms. The Labute approximate surface area is 141 Å². The molecule has 0 aliphatic heterocycles. The summed E-state index contributed by atoms with van der Waals surface area (Å²) in [5.41, 5.74) is 1.36. The fourth-order valence-corrected chi connectivity index (χ4v) is 3.49. The highest BCUT2D eigenvalue weighted by Crippen LogP contribution is 2.29. The summed E-state index contributed by atoms with van der Waals surface area (Å²) in [6, 6.07) is 19.4. The number of hydrogen-bond acceptors (Lipinski definition) is 1. The molecule has 22 heavy (non-hydrogen) atoms. The zero-order chi connectivity index (χ0) is 15.4. The number of rotatable bonds is 6. The number of benzene rings is 3. The van der Waals surface area contributed by atoms with E-state index in [2.05, 4.69) is 59.5 Å². The summed E-state index contributed by atoms with van der Waals surface area (Å²) in [6.45, 7) is 2.58. The molecular weight excluding hydrogens is 313 g/mol. The van der Waals surface area contributed by atoms with Crippen molar-refractivity contribution in [2.24, 2.45) is 0 Å². The molecule has 0 fully saturated rings. The molecule has 0 spiro atoms. The van der Waals surface area contributed by atoms with Crippen LogP contribution in [-0.2, 0) is 6.54 Å². The molecular formula is C19H19Cl2N. The van der Waals surface area contributed by atoms with Crippen LogP contribution >= 0.6 is 23.2 Å². The summed E-state index contributed by atoms with van der Waals surface area (Å²) in [5, 5.41) is 5.20. The van der Waals surface area contributed by atoms with Gasteiger partial charge >= 0.3 is 0 Å². The Bertz CT molecular complexity index is 710. The van der Waals surface area contributed by atoms with Gasteiger partial charge in [-0.3, -0.25) is 4.90 Å². The molecule has 0 N–H and O–H groups in total. The van der Waals surface area contributed by atoms with Crippen LogP contribution in [0.5, 0.6) is 0 Å². The highest BCUT2D eigenvalue weighted by atomic mass is 35.5. The number of alkyl halides is 2. The highest BCUT2D eigenvalue weighted by Gasteiger charge is 2.11. The second-order valence-electron chi connectivity index (χ2n) is 5.45. The zero-order valence-electron chi connectivity index (χ0n) is 12.4. The SMILES string of the molecule is ClCCN(CCCl)Cc1c2ccccc2cc2ccccc12. The Morgan fingerprint density at radius 1 is 0.727 bits per heavy atom. The Morgan fingerprint density at radius 2 is 1.23 bits per heavy atom. The van der Waals surface area contributed by atoms with E-state index in [0.29, 0.717) is 11.8 Å². The lowest BCUT2D eigenvalue weighted by molar-refractivity contribution is 0.301. The Kier molecular flexibility index (Phi) is 5.20. The average molecular weight is 332 g/mol. The van der Waals surface area contributed by atoms with Gasteiger partial charge in [-0.05, 0) is 33.2 Å². The molecule has 1 nitrogen and oxygen atoms in total. The van der Waals surface area contributed by atoms with E-state index in [9.17, 15) is 0 Å². The maximum absolute atomic E-state index is 5.95. The van der Waals surface area contributed by atoms with E-state index in [0.717, 1.165) is 19.6 Å². The minimum absolute atomic E-state index is 0.625. The Hall–Kier alpha value is -1.28. The van der Waals surface area contributed by atoms with Crippen molar-refractivity contribution in [3.63, 3.8) is 0 Å². The molecule has 3 aromatic carbocycles. The van der Waals surface area contributed by atoms with Gasteiger partial charge in [-0.25, -0.2) is 0 Å². The first-order chi connectivity index (χ1) is 10.8. The van der Waals surface area contributed by atoms with Crippen LogP contribution in [0.15, 0.2) is 54.6 Å². The molecule has 0 saturated heterocycles. The molecule has 0 bridgehead atoms. The zero-order valence-corrected chi connectivity index (χ0v) is 13.9. The minimum Gasteiger partial charge on any atom is -0.297 e. The second kappa shape index (κ2) is 7.32. The fourth-order valence-electron chi connectivity index (χ4n) is 3.01. The summed E-state index contributed by atoms with van der Waals surface area (Å²) >= 11 is 11.9. The number of hydrogen-bond donors (Lipinski definition) is 0. The summed E-state index contributed by atoms with van der Waals surface area (Å²) < 4.78 is 0. The molecule has 0 atom stereocenters. The van der Waals surface area contributed by atoms with Crippen LogP contribution < -0.4 is 0 Å². The van der Waals surface area contributed by atoms with Gasteiger partial charge in [-0.2, -0.15) is 0 Å². The number of nitrogens with zero attached hydrogens (tertiary/aromatic N) is 1. The standard InChI is InChI=1S/C19H19Cl2N/c20-9-11-22(12-10-21)14-19-17-7-3-1-5-15(17)13-16-6-2-4-8-18(16)19/h1-8,13H,9-12,14H2. The van der Waals surface area contributed by atoms with Gasteiger partial charge in [0.2, 0.25) is 0 Å². The third-order valence-electron chi connectivity index (χ3n) is 4.07. The van der Waals surface area contributed by atoms with E-state index < -0.39 is 0 Å². The van der Waals surface area contributed by atoms with Crippen LogP contribution in [0, 0.1) is 0 Å². The second-order valence-corrected chi connectivity index (χ2v) is 6.21. The lowest BCUT2D eigenvalue weighted by Crippen LogP contribution is -2.27. The van der Waals surface area contributed by atoms with Crippen molar-refractivity contribution in [2.75, 3.05) is 24.8 Å². The summed E-state index contributed by atoms with van der Waals surface area (Å²) in [6.07, 6.45) is 0. The summed E-state index contributed by atoms with van der Waals surface area (Å²) in [4.78, 5) is 2.33. The van der Waals surface area contributed by atoms with Crippen molar-refractivity contribution in [1.29, 1.82) is 0 Å². The third-order valence-corrected chi connectivity index (χ3v) is 4.40. The first-order valence-electron chi connectivity index (χ1n) is 7.57. The smallest absolute Gasteiger partial charge is 0.0351 e. The van der Waals surface area contributed by atoms with E-state index in [4.69, 9.17) is 23.2 Å². The molecule has 0 aromatic heterocycles. The molecule has 0 aliphatic carbocycles. The van der Waals surface area contributed by atoms with Crippen LogP contribution in [0.25, 0.3) is 21.5 Å². The van der Waals surface area contributed by atoms with Crippen molar-refractivity contribution >= 4 is 44.7 Å². The van der Waals surface area contributed by atoms with Crippen LogP contribution in [0.4, 0.5) is 0 Å². The molecule has 0 unspecified atom stereocenters. The van der Waals surface area contributed by atoms with Gasteiger partial charge in [-0.1, -0.05) is 48.5 Å². The van der Waals surface area contributed by atoms with Crippen molar-refractivity contribution < 1.29 is 0 Å².